The maximum absolute atomic E-state index is 12.0. The summed E-state index contributed by atoms with van der Waals surface area (Å²) < 4.78 is 0. The summed E-state index contributed by atoms with van der Waals surface area (Å²) in [6.45, 7) is 1.98. The minimum Gasteiger partial charge on any atom is -0.325 e. The molecule has 0 saturated heterocycles. The third-order valence-electron chi connectivity index (χ3n) is 3.38. The SMILES string of the molecule is CNC(N)C(C=O)NCC(=O)Nc1cccc(-c2ncc(C)s2)c1. The van der Waals surface area contributed by atoms with Gasteiger partial charge in [0, 0.05) is 22.3 Å². The maximum Gasteiger partial charge on any atom is 0.238 e. The average Bonchev–Trinajstić information content (AvgIpc) is 3.02. The van der Waals surface area contributed by atoms with E-state index in [1.807, 2.05) is 31.3 Å². The fourth-order valence-electron chi connectivity index (χ4n) is 2.07. The number of nitrogens with two attached hydrogens (primary N) is 1. The normalized spacial score (nSPS) is 13.3. The van der Waals surface area contributed by atoms with E-state index in [1.54, 1.807) is 24.5 Å². The molecule has 0 radical (unpaired) electrons. The molecule has 0 aliphatic rings. The van der Waals surface area contributed by atoms with Crippen LogP contribution in [0, 0.1) is 6.92 Å². The topological polar surface area (TPSA) is 109 Å². The third-order valence-corrected chi connectivity index (χ3v) is 4.34. The minimum absolute atomic E-state index is 0.0145. The number of aldehydes is 1. The first-order chi connectivity index (χ1) is 11.5. The zero-order valence-electron chi connectivity index (χ0n) is 13.6. The van der Waals surface area contributed by atoms with Crippen molar-refractivity contribution in [2.75, 3.05) is 18.9 Å². The van der Waals surface area contributed by atoms with Gasteiger partial charge in [0.2, 0.25) is 5.91 Å². The Hall–Kier alpha value is -2.13. The highest BCUT2D eigenvalue weighted by atomic mass is 32.1. The molecule has 2 rings (SSSR count). The van der Waals surface area contributed by atoms with Gasteiger partial charge in [-0.15, -0.1) is 11.3 Å². The van der Waals surface area contributed by atoms with Crippen molar-refractivity contribution in [3.8, 4) is 10.6 Å². The standard InChI is InChI=1S/C16H21N5O2S/c1-10-7-20-16(24-10)11-4-3-5-12(6-11)21-14(23)8-19-13(9-22)15(17)18-2/h3-7,9,13,15,18-19H,8,17H2,1-2H3,(H,21,23). The highest BCUT2D eigenvalue weighted by Crippen LogP contribution is 2.26. The van der Waals surface area contributed by atoms with Crippen molar-refractivity contribution in [3.05, 3.63) is 35.3 Å². The van der Waals surface area contributed by atoms with E-state index in [4.69, 9.17) is 5.73 Å². The lowest BCUT2D eigenvalue weighted by Crippen LogP contribution is -2.54. The number of carbonyl (C=O) groups excluding carboxylic acids is 2. The predicted octanol–water partition coefficient (Wildman–Crippen LogP) is 0.718. The smallest absolute Gasteiger partial charge is 0.238 e. The fourth-order valence-corrected chi connectivity index (χ4v) is 2.83. The first kappa shape index (κ1) is 18.2. The Kier molecular flexibility index (Phi) is 6.56. The summed E-state index contributed by atoms with van der Waals surface area (Å²) in [6.07, 6.45) is 1.95. The van der Waals surface area contributed by atoms with E-state index in [1.165, 1.54) is 0 Å². The van der Waals surface area contributed by atoms with Crippen molar-refractivity contribution < 1.29 is 9.59 Å². The Labute approximate surface area is 144 Å². The molecular weight excluding hydrogens is 326 g/mol. The van der Waals surface area contributed by atoms with Crippen molar-refractivity contribution in [2.24, 2.45) is 5.73 Å². The number of benzene rings is 1. The van der Waals surface area contributed by atoms with Gasteiger partial charge in [-0.05, 0) is 26.1 Å². The predicted molar refractivity (Wildman–Crippen MR) is 95.8 cm³/mol. The van der Waals surface area contributed by atoms with Crippen molar-refractivity contribution in [3.63, 3.8) is 0 Å². The molecule has 2 aromatic rings. The molecule has 1 aromatic carbocycles. The molecule has 0 bridgehead atoms. The van der Waals surface area contributed by atoms with Crippen LogP contribution in [0.5, 0.6) is 0 Å². The molecule has 7 nitrogen and oxygen atoms in total. The van der Waals surface area contributed by atoms with Gasteiger partial charge in [-0.25, -0.2) is 4.98 Å². The molecule has 1 heterocycles. The number of amides is 1. The number of anilines is 1. The van der Waals surface area contributed by atoms with Crippen LogP contribution in [0.2, 0.25) is 0 Å². The summed E-state index contributed by atoms with van der Waals surface area (Å²) in [7, 11) is 1.65. The molecule has 0 spiro atoms. The van der Waals surface area contributed by atoms with Crippen molar-refractivity contribution in [1.82, 2.24) is 15.6 Å². The average molecular weight is 347 g/mol. The van der Waals surface area contributed by atoms with Crippen molar-refractivity contribution in [1.29, 1.82) is 0 Å². The van der Waals surface area contributed by atoms with Crippen LogP contribution in [0.3, 0.4) is 0 Å². The maximum atomic E-state index is 12.0. The van der Waals surface area contributed by atoms with Crippen LogP contribution >= 0.6 is 11.3 Å². The van der Waals surface area contributed by atoms with Gasteiger partial charge < -0.3 is 21.2 Å². The molecule has 24 heavy (non-hydrogen) atoms. The Morgan fingerprint density at radius 2 is 2.25 bits per heavy atom. The first-order valence-electron chi connectivity index (χ1n) is 7.47. The molecule has 0 aliphatic heterocycles. The molecule has 8 heteroatoms. The lowest BCUT2D eigenvalue weighted by atomic mass is 10.2. The van der Waals surface area contributed by atoms with E-state index in [0.717, 1.165) is 15.4 Å². The molecule has 0 saturated carbocycles. The molecule has 1 aromatic heterocycles. The molecule has 1 amide bonds. The second kappa shape index (κ2) is 8.65. The highest BCUT2D eigenvalue weighted by Gasteiger charge is 2.16. The van der Waals surface area contributed by atoms with Crippen LogP contribution in [0.15, 0.2) is 30.5 Å². The Morgan fingerprint density at radius 1 is 1.46 bits per heavy atom. The van der Waals surface area contributed by atoms with Crippen molar-refractivity contribution in [2.45, 2.75) is 19.1 Å². The lowest BCUT2D eigenvalue weighted by molar-refractivity contribution is -0.115. The molecule has 5 N–H and O–H groups in total. The Balaban J connectivity index is 1.96. The Morgan fingerprint density at radius 3 is 2.88 bits per heavy atom. The van der Waals surface area contributed by atoms with Crippen LogP contribution in [-0.4, -0.2) is 43.0 Å². The largest absolute Gasteiger partial charge is 0.325 e. The molecule has 2 unspecified atom stereocenters. The monoisotopic (exact) mass is 347 g/mol. The van der Waals surface area contributed by atoms with E-state index in [2.05, 4.69) is 20.9 Å². The molecular formula is C16H21N5O2S. The van der Waals surface area contributed by atoms with Gasteiger partial charge in [0.25, 0.3) is 0 Å². The summed E-state index contributed by atoms with van der Waals surface area (Å²) in [5, 5.41) is 9.27. The number of hydrogen-bond acceptors (Lipinski definition) is 7. The molecule has 2 atom stereocenters. The summed E-state index contributed by atoms with van der Waals surface area (Å²) in [6, 6.07) is 6.84. The van der Waals surface area contributed by atoms with Crippen molar-refractivity contribution >= 4 is 29.2 Å². The molecule has 0 fully saturated rings. The first-order valence-corrected chi connectivity index (χ1v) is 8.29. The molecule has 0 aliphatic carbocycles. The zero-order valence-corrected chi connectivity index (χ0v) is 14.4. The number of aromatic nitrogens is 1. The third kappa shape index (κ3) is 4.93. The summed E-state index contributed by atoms with van der Waals surface area (Å²) in [5.41, 5.74) is 7.33. The van der Waals surface area contributed by atoms with Gasteiger partial charge in [-0.1, -0.05) is 12.1 Å². The van der Waals surface area contributed by atoms with Crippen LogP contribution in [-0.2, 0) is 9.59 Å². The van der Waals surface area contributed by atoms with Gasteiger partial charge in [-0.3, -0.25) is 10.1 Å². The number of rotatable bonds is 8. The summed E-state index contributed by atoms with van der Waals surface area (Å²) in [5.74, 6) is -0.252. The van der Waals surface area contributed by atoms with Crippen LogP contribution in [0.1, 0.15) is 4.88 Å². The highest BCUT2D eigenvalue weighted by molar-refractivity contribution is 7.14. The summed E-state index contributed by atoms with van der Waals surface area (Å²) in [4.78, 5) is 28.5. The zero-order chi connectivity index (χ0) is 17.5. The summed E-state index contributed by atoms with van der Waals surface area (Å²) >= 11 is 1.60. The molecule has 128 valence electrons. The minimum atomic E-state index is -0.634. The second-order valence-corrected chi connectivity index (χ2v) is 6.50. The van der Waals surface area contributed by atoms with Crippen LogP contribution in [0.25, 0.3) is 10.6 Å². The lowest BCUT2D eigenvalue weighted by Gasteiger charge is -2.19. The second-order valence-electron chi connectivity index (χ2n) is 5.26. The number of nitrogens with one attached hydrogen (secondary N) is 3. The van der Waals surface area contributed by atoms with Crippen LogP contribution in [0.4, 0.5) is 5.69 Å². The number of aryl methyl sites for hydroxylation is 1. The number of hydrogen-bond donors (Lipinski definition) is 4. The fraction of sp³-hybridized carbons (Fsp3) is 0.312. The van der Waals surface area contributed by atoms with Crippen LogP contribution < -0.4 is 21.7 Å². The van der Waals surface area contributed by atoms with Gasteiger partial charge in [0.1, 0.15) is 11.3 Å². The number of thiazole rings is 1. The number of likely N-dealkylation sites (N-methyl/N-ethyl adjacent to an activating group) is 1. The van der Waals surface area contributed by atoms with Gasteiger partial charge in [-0.2, -0.15) is 0 Å². The van der Waals surface area contributed by atoms with Gasteiger partial charge in [0.15, 0.2) is 0 Å². The Bertz CT molecular complexity index is 703. The van der Waals surface area contributed by atoms with E-state index in [9.17, 15) is 9.59 Å². The van der Waals surface area contributed by atoms with Gasteiger partial charge >= 0.3 is 0 Å². The van der Waals surface area contributed by atoms with E-state index in [0.29, 0.717) is 12.0 Å². The van der Waals surface area contributed by atoms with E-state index < -0.39 is 12.2 Å². The quantitative estimate of drug-likeness (QED) is 0.414. The number of nitrogens with zero attached hydrogens (tertiary/aromatic N) is 1. The van der Waals surface area contributed by atoms with Gasteiger partial charge in [0.05, 0.1) is 18.8 Å². The van der Waals surface area contributed by atoms with E-state index in [-0.39, 0.29) is 12.5 Å². The van der Waals surface area contributed by atoms with E-state index >= 15 is 0 Å². The number of carbonyl (C=O) groups is 2.